The summed E-state index contributed by atoms with van der Waals surface area (Å²) in [6.45, 7) is 25.0. The summed E-state index contributed by atoms with van der Waals surface area (Å²) in [7, 11) is 0.500. The standard InChI is InChI=1S/C36H63NO3.C22H42O4.C15H23NO2.3CO2.BH2.ClH.U/c1-35(2,3)30-23-18-16-14-12-10-8-7-9-11-13-15-17-22-29-33(38)37-32(34(39)40-36(4,5)6)28-24-27-31-25-20-19-21-26-31;1-22(2,3)26-21(24)18-16-14-12-10-8-6-4-5-7-9-11-13-15-17-19-25-20-23;1-15(2,3)18-14(17)13(16)11-7-10-12-8-5-4-6-9-12;3*2-1-3;;;/h19-21,25-26,32H,7-18,22-24,27-30H2,1-6H3,(H,37,38);20H,4-19H2,1-3H3;4-6,8-9,13H,7,10-11,16H2,1-3H3;;;;1H2;1H;/i;;;;;;1T2;;. The van der Waals surface area contributed by atoms with Crippen LogP contribution in [0, 0.1) is 36.5 Å². The van der Waals surface area contributed by atoms with Crippen molar-refractivity contribution >= 4 is 69.5 Å². The molecule has 0 aliphatic heterocycles. The van der Waals surface area contributed by atoms with Crippen LogP contribution >= 0.6 is 12.4 Å². The van der Waals surface area contributed by atoms with E-state index < -0.39 is 23.3 Å². The largest absolute Gasteiger partial charge is 0.468 e. The van der Waals surface area contributed by atoms with Gasteiger partial charge in [-0.15, -0.1) is 12.4 Å². The normalized spacial score (nSPS) is 11.3. The second kappa shape index (κ2) is 71.6. The van der Waals surface area contributed by atoms with Crippen molar-refractivity contribution in [2.75, 3.05) is 6.61 Å². The van der Waals surface area contributed by atoms with Crippen molar-refractivity contribution < 1.29 is 103 Å². The summed E-state index contributed by atoms with van der Waals surface area (Å²) in [6.07, 6.45) is 43.5. The molecule has 0 heterocycles. The number of esters is 3. The summed E-state index contributed by atoms with van der Waals surface area (Å²) < 4.78 is 32.3. The third-order valence-corrected chi connectivity index (χ3v) is 14.3. The van der Waals surface area contributed by atoms with E-state index in [0.717, 1.165) is 57.8 Å². The molecule has 0 aliphatic rings. The fourth-order valence-corrected chi connectivity index (χ4v) is 9.79. The predicted molar refractivity (Wildman–Crippen MR) is 382 cm³/mol. The molecule has 0 aliphatic carbocycles. The number of carbonyl (C=O) groups is 5. The summed E-state index contributed by atoms with van der Waals surface area (Å²) in [5, 5.41) is 2.97. The van der Waals surface area contributed by atoms with E-state index in [1.807, 2.05) is 98.7 Å². The number of aryl methyl sites for hydroxylation is 2. The monoisotopic (exact) mass is 1600 g/mol. The Morgan fingerprint density at radius 3 is 1.10 bits per heavy atom. The molecule has 2 rings (SSSR count). The Labute approximate surface area is 615 Å². The van der Waals surface area contributed by atoms with Crippen molar-refractivity contribution in [3.05, 3.63) is 71.8 Å². The van der Waals surface area contributed by atoms with Gasteiger partial charge in [-0.25, -0.2) is 4.79 Å². The maximum Gasteiger partial charge on any atom is 0.373 e. The van der Waals surface area contributed by atoms with Gasteiger partial charge in [0, 0.05) is 44.0 Å². The summed E-state index contributed by atoms with van der Waals surface area (Å²) in [5.41, 5.74) is 7.43. The molecule has 1 amide bonds. The van der Waals surface area contributed by atoms with Crippen LogP contribution in [0.5, 0.6) is 0 Å². The van der Waals surface area contributed by atoms with Crippen LogP contribution in [-0.4, -0.2) is 95.2 Å². The first kappa shape index (κ1) is 100.0. The fraction of sp³-hybridized carbons (Fsp3) is 0.737. The van der Waals surface area contributed by atoms with Gasteiger partial charge in [-0.05, 0) is 146 Å². The molecule has 0 saturated heterocycles. The Morgan fingerprint density at radius 2 is 0.771 bits per heavy atom. The average molecular weight is 1600 g/mol. The minimum atomic E-state index is -0.580. The average Bonchev–Trinajstić information content (AvgIpc) is 2.08. The van der Waals surface area contributed by atoms with Gasteiger partial charge in [-0.2, -0.15) is 28.8 Å². The van der Waals surface area contributed by atoms with E-state index in [1.54, 1.807) is 0 Å². The molecule has 2 aromatic rings. The summed E-state index contributed by atoms with van der Waals surface area (Å²) in [6, 6.07) is 19.3. The van der Waals surface area contributed by atoms with Crippen molar-refractivity contribution in [3.8, 4) is 0 Å². The van der Waals surface area contributed by atoms with E-state index in [2.05, 4.69) is 55.1 Å². The van der Waals surface area contributed by atoms with Crippen LogP contribution in [0.3, 0.4) is 0 Å². The Bertz CT molecular complexity index is 2220. The quantitative estimate of drug-likeness (QED) is 0.0205. The molecule has 0 spiro atoms. The number of ether oxygens (including phenoxy) is 4. The topological polar surface area (TPSA) is 263 Å². The zero-order chi connectivity index (χ0) is 73.6. The Morgan fingerprint density at radius 1 is 0.469 bits per heavy atom. The van der Waals surface area contributed by atoms with Gasteiger partial charge in [0.1, 0.15) is 28.9 Å². The van der Waals surface area contributed by atoms with Crippen LogP contribution in [0.15, 0.2) is 60.7 Å². The zero-order valence-corrected chi connectivity index (χ0v) is 66.5. The molecule has 96 heavy (non-hydrogen) atoms. The van der Waals surface area contributed by atoms with Crippen LogP contribution in [0.2, 0.25) is 0 Å². The number of nitrogens with one attached hydrogen (secondary N) is 1. The predicted octanol–water partition coefficient (Wildman–Crippen LogP) is 16.9. The number of hydrogen-bond acceptors (Lipinski definition) is 16. The van der Waals surface area contributed by atoms with Crippen LogP contribution in [0.1, 0.15) is 319 Å². The van der Waals surface area contributed by atoms with E-state index in [-0.39, 0.29) is 91.4 Å². The number of halogens is 1. The molecule has 0 saturated carbocycles. The van der Waals surface area contributed by atoms with E-state index in [9.17, 15) is 24.0 Å². The first-order chi connectivity index (χ1) is 45.5. The maximum atomic E-state index is 12.7. The van der Waals surface area contributed by atoms with Gasteiger partial charge in [0.25, 0.3) is 6.47 Å². The minimum Gasteiger partial charge on any atom is -0.468 e. The van der Waals surface area contributed by atoms with E-state index >= 15 is 0 Å². The number of amides is 1. The maximum absolute atomic E-state index is 12.7. The molecule has 2 aromatic carbocycles. The number of nitrogens with two attached hydrogens (primary N) is 1. The molecular formula is C76H131BClN2O15U. The van der Waals surface area contributed by atoms with Gasteiger partial charge in [0.2, 0.25) is 5.91 Å². The molecule has 0 bridgehead atoms. The number of unbranched alkanes of at least 4 members (excludes halogenated alkanes) is 26. The van der Waals surface area contributed by atoms with Gasteiger partial charge < -0.3 is 30.0 Å². The molecule has 549 valence electrons. The molecule has 2 atom stereocenters. The molecule has 3 N–H and O–H groups in total. The first-order valence-corrected chi connectivity index (χ1v) is 34.9. The second-order valence-electron chi connectivity index (χ2n) is 28.1. The van der Waals surface area contributed by atoms with E-state index in [1.165, 1.54) is 165 Å². The van der Waals surface area contributed by atoms with Crippen LogP contribution in [0.4, 0.5) is 0 Å². The van der Waals surface area contributed by atoms with Crippen LogP contribution in [0.25, 0.3) is 0 Å². The van der Waals surface area contributed by atoms with Crippen LogP contribution < -0.4 is 11.1 Å². The van der Waals surface area contributed by atoms with Crippen molar-refractivity contribution in [2.45, 2.75) is 350 Å². The summed E-state index contributed by atoms with van der Waals surface area (Å²) in [5.74, 6) is -0.739. The van der Waals surface area contributed by atoms with Gasteiger partial charge >= 0.3 is 36.4 Å². The van der Waals surface area contributed by atoms with E-state index in [4.69, 9.17) is 51.4 Å². The van der Waals surface area contributed by atoms with Crippen molar-refractivity contribution in [1.82, 2.24) is 5.32 Å². The SMILES string of the molecule is CC(C)(C)CCCCCCCCCCCCCCCCC(=O)NC(CCCc1ccccc1)C(=O)OC(C)(C)C.CC(C)(C)OC(=O)C(N)CCCc1ccccc1.CC(C)(C)OC(=O)CCCCCCCCCCCCCCCCOC=O.Cl.O=C=O.O=C=O.O=C=O.[3H][B][3H].[U]. The zero-order valence-electron chi connectivity index (χ0n) is 63.6. The molecule has 1 radical (unpaired) electrons. The fourth-order valence-electron chi connectivity index (χ4n) is 9.79. The minimum absolute atomic E-state index is 0. The molecular weight excluding hydrogens is 1470 g/mol. The molecule has 0 aromatic heterocycles. The van der Waals surface area contributed by atoms with Gasteiger partial charge in [-0.3, -0.25) is 19.2 Å². The van der Waals surface area contributed by atoms with Gasteiger partial charge in [0.15, 0.2) is 0 Å². The number of hydrogen-bond donors (Lipinski definition) is 2. The number of benzene rings is 2. The molecule has 20 heteroatoms. The summed E-state index contributed by atoms with van der Waals surface area (Å²) >= 11 is 0. The number of rotatable bonds is 45. The summed E-state index contributed by atoms with van der Waals surface area (Å²) in [4.78, 5) is 107. The smallest absolute Gasteiger partial charge is 0.373 e. The van der Waals surface area contributed by atoms with E-state index in [0.29, 0.717) is 52.5 Å². The van der Waals surface area contributed by atoms with Crippen LogP contribution in [-0.2, 0) is 84.5 Å². The van der Waals surface area contributed by atoms with Crippen molar-refractivity contribution in [2.24, 2.45) is 11.1 Å². The van der Waals surface area contributed by atoms with Gasteiger partial charge in [0.05, 0.1) is 14.9 Å². The van der Waals surface area contributed by atoms with Crippen molar-refractivity contribution in [1.29, 1.82) is 2.67 Å². The Balaban J connectivity index is -0.000000245. The first-order valence-electron chi connectivity index (χ1n) is 36.0. The third-order valence-electron chi connectivity index (χ3n) is 14.3. The third kappa shape index (κ3) is 87.3. The Kier molecular flexibility index (Phi) is 74.5. The van der Waals surface area contributed by atoms with Crippen molar-refractivity contribution in [3.63, 3.8) is 0 Å². The Hall–Kier alpha value is -4.70. The second-order valence-corrected chi connectivity index (χ2v) is 28.1. The molecule has 17 nitrogen and oxygen atoms in total. The molecule has 2 unspecified atom stereocenters. The van der Waals surface area contributed by atoms with Gasteiger partial charge in [-0.1, -0.05) is 242 Å². The molecule has 0 fully saturated rings. The number of carbonyl (C=O) groups excluding carboxylic acids is 11.